The second kappa shape index (κ2) is 6.24. The van der Waals surface area contributed by atoms with Crippen molar-refractivity contribution in [3.63, 3.8) is 0 Å². The van der Waals surface area contributed by atoms with E-state index < -0.39 is 22.1 Å². The molecule has 0 spiro atoms. The molecule has 0 aliphatic carbocycles. The molecule has 0 aliphatic heterocycles. The Hall–Kier alpha value is -2.02. The van der Waals surface area contributed by atoms with E-state index in [9.17, 15) is 14.9 Å². The summed E-state index contributed by atoms with van der Waals surface area (Å²) >= 11 is 5.49. The van der Waals surface area contributed by atoms with E-state index >= 15 is 0 Å². The number of nitro groups is 1. The highest BCUT2D eigenvalue weighted by atomic mass is 35.5. The van der Waals surface area contributed by atoms with Gasteiger partial charge in [0.2, 0.25) is 0 Å². The molecule has 1 aromatic carbocycles. The molecule has 19 heavy (non-hydrogen) atoms. The van der Waals surface area contributed by atoms with E-state index in [-0.39, 0.29) is 29.5 Å². The standard InChI is InChI=1S/C11H12ClNO6/c1-6-9(13(16)17)7(11(14)15)5-8(18-2)10(6)19-4-3-12/h5H,3-4H2,1-2H3,(H,14,15). The average Bonchev–Trinajstić information content (AvgIpc) is 2.35. The number of methoxy groups -OCH3 is 1. The Morgan fingerprint density at radius 2 is 2.21 bits per heavy atom. The molecule has 0 fully saturated rings. The van der Waals surface area contributed by atoms with Crippen molar-refractivity contribution in [2.24, 2.45) is 0 Å². The fourth-order valence-electron chi connectivity index (χ4n) is 1.63. The molecule has 8 heteroatoms. The summed E-state index contributed by atoms with van der Waals surface area (Å²) < 4.78 is 10.3. The Bertz CT molecular complexity index is 516. The van der Waals surface area contributed by atoms with Gasteiger partial charge in [-0.2, -0.15) is 0 Å². The van der Waals surface area contributed by atoms with Gasteiger partial charge >= 0.3 is 5.97 Å². The summed E-state index contributed by atoms with van der Waals surface area (Å²) in [5.74, 6) is -0.973. The van der Waals surface area contributed by atoms with E-state index in [1.54, 1.807) is 0 Å². The first kappa shape index (κ1) is 15.0. The van der Waals surface area contributed by atoms with Crippen LogP contribution in [0.5, 0.6) is 11.5 Å². The zero-order valence-electron chi connectivity index (χ0n) is 10.3. The molecule has 7 nitrogen and oxygen atoms in total. The van der Waals surface area contributed by atoms with Crippen LogP contribution in [-0.4, -0.2) is 35.6 Å². The van der Waals surface area contributed by atoms with Crippen LogP contribution in [-0.2, 0) is 0 Å². The summed E-state index contributed by atoms with van der Waals surface area (Å²) in [5.41, 5.74) is -0.873. The molecular formula is C11H12ClNO6. The van der Waals surface area contributed by atoms with Crippen LogP contribution in [0.1, 0.15) is 15.9 Å². The predicted octanol–water partition coefficient (Wildman–Crippen LogP) is 2.23. The molecular weight excluding hydrogens is 278 g/mol. The van der Waals surface area contributed by atoms with Gasteiger partial charge in [0.15, 0.2) is 11.5 Å². The van der Waals surface area contributed by atoms with Crippen LogP contribution < -0.4 is 9.47 Å². The van der Waals surface area contributed by atoms with Crippen molar-refractivity contribution in [3.8, 4) is 11.5 Å². The van der Waals surface area contributed by atoms with E-state index in [4.69, 9.17) is 26.2 Å². The first-order valence-electron chi connectivity index (χ1n) is 5.22. The third-order valence-corrected chi connectivity index (χ3v) is 2.56. The summed E-state index contributed by atoms with van der Waals surface area (Å²) in [5, 5.41) is 20.0. The number of nitrogens with zero attached hydrogens (tertiary/aromatic N) is 1. The van der Waals surface area contributed by atoms with Crippen LogP contribution in [0.3, 0.4) is 0 Å². The molecule has 0 saturated heterocycles. The molecule has 0 saturated carbocycles. The number of benzene rings is 1. The summed E-state index contributed by atoms with van der Waals surface area (Å²) in [7, 11) is 1.32. The quantitative estimate of drug-likeness (QED) is 0.490. The molecule has 1 N–H and O–H groups in total. The number of hydrogen-bond acceptors (Lipinski definition) is 5. The van der Waals surface area contributed by atoms with Gasteiger partial charge in [-0.25, -0.2) is 4.79 Å². The number of rotatable bonds is 6. The van der Waals surface area contributed by atoms with Gasteiger partial charge in [0.25, 0.3) is 5.69 Å². The lowest BCUT2D eigenvalue weighted by atomic mass is 10.1. The SMILES string of the molecule is COc1cc(C(=O)O)c([N+](=O)[O-])c(C)c1OCCCl. The lowest BCUT2D eigenvalue weighted by Gasteiger charge is -2.14. The fourth-order valence-corrected chi connectivity index (χ4v) is 1.71. The van der Waals surface area contributed by atoms with E-state index in [0.717, 1.165) is 6.07 Å². The molecule has 1 aromatic rings. The number of carboxylic acid groups (broad SMARTS) is 1. The Balaban J connectivity index is 3.52. The number of halogens is 1. The van der Waals surface area contributed by atoms with Crippen LogP contribution in [0.4, 0.5) is 5.69 Å². The van der Waals surface area contributed by atoms with Gasteiger partial charge in [-0.3, -0.25) is 10.1 Å². The van der Waals surface area contributed by atoms with Crippen LogP contribution in [0.15, 0.2) is 6.07 Å². The summed E-state index contributed by atoms with van der Waals surface area (Å²) in [6.07, 6.45) is 0. The van der Waals surface area contributed by atoms with Crippen LogP contribution >= 0.6 is 11.6 Å². The maximum atomic E-state index is 11.0. The number of ether oxygens (including phenoxy) is 2. The maximum absolute atomic E-state index is 11.0. The zero-order valence-corrected chi connectivity index (χ0v) is 11.1. The van der Waals surface area contributed by atoms with Gasteiger partial charge in [-0.05, 0) is 6.92 Å². The van der Waals surface area contributed by atoms with Gasteiger partial charge < -0.3 is 14.6 Å². The summed E-state index contributed by atoms with van der Waals surface area (Å²) in [6, 6.07) is 1.07. The van der Waals surface area contributed by atoms with Crippen molar-refractivity contribution in [2.75, 3.05) is 19.6 Å². The highest BCUT2D eigenvalue weighted by molar-refractivity contribution is 6.18. The predicted molar refractivity (Wildman–Crippen MR) is 67.6 cm³/mol. The minimum atomic E-state index is -1.41. The van der Waals surface area contributed by atoms with E-state index in [2.05, 4.69) is 0 Å². The molecule has 104 valence electrons. The number of hydrogen-bond donors (Lipinski definition) is 1. The molecule has 0 aliphatic rings. The topological polar surface area (TPSA) is 98.9 Å². The van der Waals surface area contributed by atoms with Crippen molar-refractivity contribution in [3.05, 3.63) is 27.3 Å². The average molecular weight is 290 g/mol. The van der Waals surface area contributed by atoms with Gasteiger partial charge in [-0.15, -0.1) is 11.6 Å². The Morgan fingerprint density at radius 1 is 1.58 bits per heavy atom. The third kappa shape index (κ3) is 3.05. The summed E-state index contributed by atoms with van der Waals surface area (Å²) in [6.45, 7) is 1.53. The second-order valence-electron chi connectivity index (χ2n) is 3.53. The Labute approximate surface area is 113 Å². The molecule has 0 atom stereocenters. The second-order valence-corrected chi connectivity index (χ2v) is 3.91. The molecule has 0 unspecified atom stereocenters. The molecule has 0 amide bonds. The number of aromatic carboxylic acids is 1. The maximum Gasteiger partial charge on any atom is 0.342 e. The van der Waals surface area contributed by atoms with Crippen molar-refractivity contribution in [2.45, 2.75) is 6.92 Å². The van der Waals surface area contributed by atoms with Gasteiger partial charge in [0, 0.05) is 6.07 Å². The highest BCUT2D eigenvalue weighted by Crippen LogP contribution is 2.39. The normalized spacial score (nSPS) is 10.1. The lowest BCUT2D eigenvalue weighted by molar-refractivity contribution is -0.385. The molecule has 0 heterocycles. The first-order valence-corrected chi connectivity index (χ1v) is 5.75. The number of nitro benzene ring substituents is 1. The zero-order chi connectivity index (χ0) is 14.6. The van der Waals surface area contributed by atoms with Crippen LogP contribution in [0.25, 0.3) is 0 Å². The van der Waals surface area contributed by atoms with E-state index in [0.29, 0.717) is 0 Å². The monoisotopic (exact) mass is 289 g/mol. The molecule has 0 bridgehead atoms. The fraction of sp³-hybridized carbons (Fsp3) is 0.364. The van der Waals surface area contributed by atoms with E-state index in [1.165, 1.54) is 14.0 Å². The molecule has 1 rings (SSSR count). The first-order chi connectivity index (χ1) is 8.93. The van der Waals surface area contributed by atoms with Crippen LogP contribution in [0, 0.1) is 17.0 Å². The van der Waals surface area contributed by atoms with E-state index in [1.807, 2.05) is 0 Å². The summed E-state index contributed by atoms with van der Waals surface area (Å²) in [4.78, 5) is 21.3. The number of carboxylic acids is 1. The number of carbonyl (C=O) groups is 1. The van der Waals surface area contributed by atoms with Crippen LogP contribution in [0.2, 0.25) is 0 Å². The minimum Gasteiger partial charge on any atom is -0.493 e. The smallest absolute Gasteiger partial charge is 0.342 e. The minimum absolute atomic E-state index is 0.0897. The Morgan fingerprint density at radius 3 is 2.63 bits per heavy atom. The lowest BCUT2D eigenvalue weighted by Crippen LogP contribution is -2.09. The Kier molecular flexibility index (Phi) is 4.94. The van der Waals surface area contributed by atoms with Crippen molar-refractivity contribution < 1.29 is 24.3 Å². The molecule has 0 radical (unpaired) electrons. The van der Waals surface area contributed by atoms with Gasteiger partial charge in [0.05, 0.1) is 23.5 Å². The largest absolute Gasteiger partial charge is 0.493 e. The van der Waals surface area contributed by atoms with Gasteiger partial charge in [0.1, 0.15) is 12.2 Å². The van der Waals surface area contributed by atoms with Crippen molar-refractivity contribution in [1.29, 1.82) is 0 Å². The van der Waals surface area contributed by atoms with Crippen molar-refractivity contribution >= 4 is 23.3 Å². The van der Waals surface area contributed by atoms with Crippen molar-refractivity contribution in [1.82, 2.24) is 0 Å². The number of alkyl halides is 1. The molecule has 0 aromatic heterocycles. The van der Waals surface area contributed by atoms with Gasteiger partial charge in [-0.1, -0.05) is 0 Å². The highest BCUT2D eigenvalue weighted by Gasteiger charge is 2.28. The third-order valence-electron chi connectivity index (χ3n) is 2.41.